The number of rotatable bonds is 20. The molecule has 0 bridgehead atoms. The second kappa shape index (κ2) is 16.0. The van der Waals surface area contributed by atoms with Crippen molar-refractivity contribution in [2.75, 3.05) is 32.0 Å². The number of nitrogens with one attached hydrogen (secondary N) is 1. The zero-order valence-corrected chi connectivity index (χ0v) is 25.3. The summed E-state index contributed by atoms with van der Waals surface area (Å²) in [6.07, 6.45) is 10.0. The highest BCUT2D eigenvalue weighted by Gasteiger charge is 2.44. The van der Waals surface area contributed by atoms with Crippen LogP contribution in [0.25, 0.3) is 0 Å². The second-order valence-electron chi connectivity index (χ2n) is 11.0. The highest BCUT2D eigenvalue weighted by Crippen LogP contribution is 2.45. The first-order chi connectivity index (χ1) is 20.1. The molecule has 8 nitrogen and oxygen atoms in total. The van der Waals surface area contributed by atoms with Gasteiger partial charge >= 0.3 is 0 Å². The number of primary amides is 1. The fourth-order valence-electron chi connectivity index (χ4n) is 4.97. The van der Waals surface area contributed by atoms with Crippen LogP contribution in [0.1, 0.15) is 75.0 Å². The first-order valence-corrected chi connectivity index (χ1v) is 16.4. The van der Waals surface area contributed by atoms with Gasteiger partial charge in [0.2, 0.25) is 15.9 Å². The number of aliphatic hydroxyl groups excluding tert-OH is 1. The summed E-state index contributed by atoms with van der Waals surface area (Å²) in [4.78, 5) is 10.9. The summed E-state index contributed by atoms with van der Waals surface area (Å²) in [5.41, 5.74) is 7.69. The maximum Gasteiger partial charge on any atom is 0.217 e. The normalized spacial score (nSPS) is 14.8. The van der Waals surface area contributed by atoms with Gasteiger partial charge in [-0.25, -0.2) is 17.1 Å². The third-order valence-electron chi connectivity index (χ3n) is 7.47. The van der Waals surface area contributed by atoms with E-state index in [9.17, 15) is 22.7 Å². The molecule has 2 aromatic carbocycles. The molecule has 1 aliphatic rings. The van der Waals surface area contributed by atoms with Gasteiger partial charge in [0.1, 0.15) is 11.6 Å². The van der Waals surface area contributed by atoms with Crippen molar-refractivity contribution >= 4 is 15.9 Å². The molecule has 42 heavy (non-hydrogen) atoms. The standard InChI is InChI=1S/C32H44FN3O5S/c1-3-16-36(42(39,40)19-8-11-31(34)38)17-5-6-18-41-30-22-26(21-28(33)23-30)12-13-29(37)24-35-32(14-15-32)27-10-7-9-25(4-2)20-27/h2,7,9-10,20-23,29,35,37H,3,5-6,8,11-19,24H2,1H3,(H2,34,38)/t29-/m0/s1. The third kappa shape index (κ3) is 10.7. The average Bonchev–Trinajstić information content (AvgIpc) is 3.75. The molecule has 1 aliphatic carbocycles. The van der Waals surface area contributed by atoms with E-state index in [4.69, 9.17) is 16.9 Å². The van der Waals surface area contributed by atoms with Gasteiger partial charge in [0.15, 0.2) is 0 Å². The van der Waals surface area contributed by atoms with Crippen molar-refractivity contribution in [2.24, 2.45) is 5.73 Å². The Kier molecular flexibility index (Phi) is 12.8. The summed E-state index contributed by atoms with van der Waals surface area (Å²) < 4.78 is 46.8. The molecule has 2 aromatic rings. The molecule has 1 saturated carbocycles. The van der Waals surface area contributed by atoms with Gasteiger partial charge in [-0.3, -0.25) is 4.79 Å². The molecule has 1 amide bonds. The molecule has 4 N–H and O–H groups in total. The number of sulfonamides is 1. The van der Waals surface area contributed by atoms with Crippen LogP contribution in [0.2, 0.25) is 0 Å². The van der Waals surface area contributed by atoms with E-state index in [1.54, 1.807) is 6.07 Å². The van der Waals surface area contributed by atoms with E-state index in [-0.39, 0.29) is 24.1 Å². The van der Waals surface area contributed by atoms with Crippen molar-refractivity contribution < 1.29 is 27.4 Å². The smallest absolute Gasteiger partial charge is 0.217 e. The van der Waals surface area contributed by atoms with E-state index < -0.39 is 27.9 Å². The molecule has 0 unspecified atom stereocenters. The largest absolute Gasteiger partial charge is 0.493 e. The molecule has 1 fully saturated rings. The first-order valence-electron chi connectivity index (χ1n) is 14.8. The molecule has 0 aromatic heterocycles. The van der Waals surface area contributed by atoms with E-state index in [1.165, 1.54) is 16.4 Å². The van der Waals surface area contributed by atoms with Gasteiger partial charge in [-0.15, -0.1) is 6.42 Å². The van der Waals surface area contributed by atoms with E-state index >= 15 is 0 Å². The lowest BCUT2D eigenvalue weighted by molar-refractivity contribution is -0.118. The zero-order chi connectivity index (χ0) is 30.6. The van der Waals surface area contributed by atoms with Gasteiger partial charge in [0, 0.05) is 43.2 Å². The van der Waals surface area contributed by atoms with Crippen LogP contribution in [0.5, 0.6) is 5.75 Å². The molecule has 0 saturated heterocycles. The number of carbonyl (C=O) groups excluding carboxylic acids is 1. The molecule has 1 atom stereocenters. The maximum absolute atomic E-state index is 14.3. The fourth-order valence-corrected chi connectivity index (χ4v) is 6.61. The van der Waals surface area contributed by atoms with Gasteiger partial charge in [0.25, 0.3) is 0 Å². The van der Waals surface area contributed by atoms with Gasteiger partial charge < -0.3 is 20.9 Å². The van der Waals surface area contributed by atoms with Crippen LogP contribution >= 0.6 is 0 Å². The summed E-state index contributed by atoms with van der Waals surface area (Å²) in [5, 5.41) is 14.1. The summed E-state index contributed by atoms with van der Waals surface area (Å²) >= 11 is 0. The number of amides is 1. The van der Waals surface area contributed by atoms with Crippen molar-refractivity contribution in [3.8, 4) is 18.1 Å². The van der Waals surface area contributed by atoms with Crippen molar-refractivity contribution in [2.45, 2.75) is 76.4 Å². The highest BCUT2D eigenvalue weighted by atomic mass is 32.2. The Morgan fingerprint density at radius 1 is 1.21 bits per heavy atom. The molecule has 0 spiro atoms. The number of aryl methyl sites for hydroxylation is 1. The number of nitrogens with two attached hydrogens (primary N) is 1. The lowest BCUT2D eigenvalue weighted by Gasteiger charge is -2.21. The predicted molar refractivity (Wildman–Crippen MR) is 163 cm³/mol. The molecule has 3 rings (SSSR count). The van der Waals surface area contributed by atoms with Crippen molar-refractivity contribution in [3.05, 3.63) is 65.0 Å². The number of unbranched alkanes of at least 4 members (excludes halogenated alkanes) is 1. The van der Waals surface area contributed by atoms with Crippen LogP contribution in [0.15, 0.2) is 42.5 Å². The number of nitrogens with zero attached hydrogens (tertiary/aromatic N) is 1. The summed E-state index contributed by atoms with van der Waals surface area (Å²) in [7, 11) is -3.47. The molecule has 0 radical (unpaired) electrons. The Bertz CT molecular complexity index is 1320. The Morgan fingerprint density at radius 2 is 2.00 bits per heavy atom. The molecular weight excluding hydrogens is 557 g/mol. The minimum Gasteiger partial charge on any atom is -0.493 e. The maximum atomic E-state index is 14.3. The Labute approximate surface area is 249 Å². The fraction of sp³-hybridized carbons (Fsp3) is 0.531. The molecular formula is C32H44FN3O5S. The minimum atomic E-state index is -3.47. The first kappa shape index (κ1) is 33.5. The van der Waals surface area contributed by atoms with E-state index in [1.807, 2.05) is 25.1 Å². The number of carbonyl (C=O) groups is 1. The van der Waals surface area contributed by atoms with Gasteiger partial charge in [-0.2, -0.15) is 0 Å². The molecule has 0 aliphatic heterocycles. The van der Waals surface area contributed by atoms with Crippen LogP contribution in [-0.4, -0.2) is 61.8 Å². The van der Waals surface area contributed by atoms with E-state index in [0.717, 1.165) is 29.5 Å². The number of hydrogen-bond acceptors (Lipinski definition) is 6. The van der Waals surface area contributed by atoms with Crippen LogP contribution in [0.3, 0.4) is 0 Å². The lowest BCUT2D eigenvalue weighted by atomic mass is 10.0. The summed E-state index contributed by atoms with van der Waals surface area (Å²) in [6.45, 7) is 3.42. The number of ether oxygens (including phenoxy) is 1. The zero-order valence-electron chi connectivity index (χ0n) is 24.5. The number of halogens is 1. The summed E-state index contributed by atoms with van der Waals surface area (Å²) in [6, 6.07) is 12.5. The number of terminal acetylenes is 1. The molecule has 0 heterocycles. The van der Waals surface area contributed by atoms with Crippen LogP contribution in [0.4, 0.5) is 4.39 Å². The monoisotopic (exact) mass is 601 g/mol. The Morgan fingerprint density at radius 3 is 2.69 bits per heavy atom. The number of benzene rings is 2. The Hall–Kier alpha value is -2.97. The quantitative estimate of drug-likeness (QED) is 0.157. The Balaban J connectivity index is 1.41. The second-order valence-corrected chi connectivity index (χ2v) is 13.1. The van der Waals surface area contributed by atoms with Crippen molar-refractivity contribution in [1.29, 1.82) is 0 Å². The molecule has 230 valence electrons. The third-order valence-corrected chi connectivity index (χ3v) is 9.42. The van der Waals surface area contributed by atoms with Gasteiger partial charge in [-0.05, 0) is 86.8 Å². The number of aliphatic hydroxyl groups is 1. The number of hydrogen-bond donors (Lipinski definition) is 3. The van der Waals surface area contributed by atoms with Crippen LogP contribution < -0.4 is 15.8 Å². The topological polar surface area (TPSA) is 122 Å². The van der Waals surface area contributed by atoms with Gasteiger partial charge in [0.05, 0.1) is 18.5 Å². The predicted octanol–water partition coefficient (Wildman–Crippen LogP) is 3.85. The van der Waals surface area contributed by atoms with Crippen LogP contribution in [0, 0.1) is 18.2 Å². The van der Waals surface area contributed by atoms with Gasteiger partial charge in [-0.1, -0.05) is 25.0 Å². The SMILES string of the molecule is C#Cc1cccc(C2(NC[C@@H](O)CCc3cc(F)cc(OCCCCN(CCC)S(=O)(=O)CCCC(N)=O)c3)CC2)c1. The average molecular weight is 602 g/mol. The van der Waals surface area contributed by atoms with Crippen LogP contribution in [-0.2, 0) is 26.8 Å². The van der Waals surface area contributed by atoms with Crippen molar-refractivity contribution in [1.82, 2.24) is 9.62 Å². The minimum absolute atomic E-state index is 0.0435. The van der Waals surface area contributed by atoms with Crippen molar-refractivity contribution in [3.63, 3.8) is 0 Å². The summed E-state index contributed by atoms with van der Waals surface area (Å²) in [5.74, 6) is 2.05. The highest BCUT2D eigenvalue weighted by molar-refractivity contribution is 7.89. The van der Waals surface area contributed by atoms with E-state index in [2.05, 4.69) is 17.3 Å². The lowest BCUT2D eigenvalue weighted by Crippen LogP contribution is -2.36. The van der Waals surface area contributed by atoms with E-state index in [0.29, 0.717) is 64.1 Å². The molecule has 10 heteroatoms.